The van der Waals surface area contributed by atoms with E-state index >= 15 is 0 Å². The van der Waals surface area contributed by atoms with Crippen molar-refractivity contribution in [2.75, 3.05) is 20.2 Å². The van der Waals surface area contributed by atoms with Crippen LogP contribution >= 0.6 is 17.0 Å². The van der Waals surface area contributed by atoms with Crippen molar-refractivity contribution in [2.45, 2.75) is 84.7 Å². The maximum Gasteiger partial charge on any atom is 0.182 e. The fraction of sp³-hybridized carbons (Fsp3) is 0.548. The molecule has 3 rings (SSSR count). The Labute approximate surface area is 233 Å². The van der Waals surface area contributed by atoms with E-state index in [0.29, 0.717) is 24.6 Å². The smallest absolute Gasteiger partial charge is 0.182 e. The molecule has 0 amide bonds. The Kier molecular flexibility index (Phi) is 10.2. The van der Waals surface area contributed by atoms with Gasteiger partial charge in [-0.3, -0.25) is 10.2 Å². The summed E-state index contributed by atoms with van der Waals surface area (Å²) in [5.41, 5.74) is 3.80. The summed E-state index contributed by atoms with van der Waals surface area (Å²) in [6.07, 6.45) is 2.03. The van der Waals surface area contributed by atoms with Gasteiger partial charge in [-0.15, -0.1) is 17.0 Å². The molecule has 0 spiro atoms. The molecular weight excluding hydrogens is 528 g/mol. The monoisotopic (exact) mass is 572 g/mol. The van der Waals surface area contributed by atoms with Gasteiger partial charge < -0.3 is 14.7 Å². The highest BCUT2D eigenvalue weighted by molar-refractivity contribution is 8.93. The van der Waals surface area contributed by atoms with Gasteiger partial charge >= 0.3 is 0 Å². The first-order valence-corrected chi connectivity index (χ1v) is 13.1. The van der Waals surface area contributed by atoms with E-state index < -0.39 is 0 Å². The summed E-state index contributed by atoms with van der Waals surface area (Å²) in [5, 5.41) is 20.2. The zero-order valence-corrected chi connectivity index (χ0v) is 25.5. The predicted molar refractivity (Wildman–Crippen MR) is 158 cm³/mol. The molecule has 1 aliphatic rings. The van der Waals surface area contributed by atoms with Gasteiger partial charge in [-0.25, -0.2) is 0 Å². The van der Waals surface area contributed by atoms with Gasteiger partial charge in [0.2, 0.25) is 0 Å². The van der Waals surface area contributed by atoms with E-state index in [2.05, 4.69) is 60.6 Å². The van der Waals surface area contributed by atoms with Crippen molar-refractivity contribution in [3.05, 3.63) is 64.2 Å². The van der Waals surface area contributed by atoms with Crippen LogP contribution in [0.2, 0.25) is 0 Å². The first-order valence-electron chi connectivity index (χ1n) is 13.1. The van der Waals surface area contributed by atoms with E-state index in [1.165, 1.54) is 0 Å². The molecule has 37 heavy (non-hydrogen) atoms. The number of halogens is 1. The number of nitrogens with one attached hydrogen (secondary N) is 1. The first kappa shape index (κ1) is 31.0. The summed E-state index contributed by atoms with van der Waals surface area (Å²) in [6, 6.07) is 11.9. The average molecular weight is 574 g/mol. The molecule has 2 N–H and O–H groups in total. The summed E-state index contributed by atoms with van der Waals surface area (Å²) in [7, 11) is 1.70. The maximum atomic E-state index is 13.7. The minimum atomic E-state index is -0.302. The Morgan fingerprint density at radius 2 is 1.65 bits per heavy atom. The molecule has 2 aromatic rings. The number of aromatic hydroxyl groups is 1. The molecule has 1 aliphatic heterocycles. The molecule has 5 nitrogen and oxygen atoms in total. The van der Waals surface area contributed by atoms with Crippen LogP contribution in [0.3, 0.4) is 0 Å². The lowest BCUT2D eigenvalue weighted by Gasteiger charge is -2.28. The molecule has 6 heteroatoms. The van der Waals surface area contributed by atoms with E-state index in [1.807, 2.05) is 29.2 Å². The number of ketones is 1. The maximum absolute atomic E-state index is 13.7. The number of methoxy groups -OCH3 is 1. The van der Waals surface area contributed by atoms with Crippen LogP contribution in [0.1, 0.15) is 99.8 Å². The summed E-state index contributed by atoms with van der Waals surface area (Å²) < 4.78 is 5.44. The van der Waals surface area contributed by atoms with E-state index in [4.69, 9.17) is 10.1 Å². The third kappa shape index (κ3) is 6.83. The number of ether oxygens (including phenoxy) is 1. The molecular formula is C31H45BrN2O3. The van der Waals surface area contributed by atoms with Gasteiger partial charge in [0.15, 0.2) is 5.78 Å². The summed E-state index contributed by atoms with van der Waals surface area (Å²) in [5.74, 6) is 1.01. The topological polar surface area (TPSA) is 73.6 Å². The lowest BCUT2D eigenvalue weighted by molar-refractivity contribution is 0.0963. The highest BCUT2D eigenvalue weighted by Gasteiger charge is 2.39. The van der Waals surface area contributed by atoms with Crippen molar-refractivity contribution in [3.63, 3.8) is 0 Å². The Balaban J connectivity index is 0.00000481. The molecule has 0 saturated carbocycles. The van der Waals surface area contributed by atoms with Gasteiger partial charge in [0.05, 0.1) is 13.2 Å². The first-order chi connectivity index (χ1) is 16.8. The van der Waals surface area contributed by atoms with Crippen LogP contribution in [-0.4, -0.2) is 41.8 Å². The quantitative estimate of drug-likeness (QED) is 0.323. The molecule has 0 bridgehead atoms. The highest BCUT2D eigenvalue weighted by atomic mass is 79.9. The summed E-state index contributed by atoms with van der Waals surface area (Å²) in [6.45, 7) is 15.9. The fourth-order valence-electron chi connectivity index (χ4n) is 5.41. The van der Waals surface area contributed by atoms with Gasteiger partial charge in [0.25, 0.3) is 0 Å². The van der Waals surface area contributed by atoms with Crippen molar-refractivity contribution in [2.24, 2.45) is 5.92 Å². The zero-order valence-electron chi connectivity index (χ0n) is 23.8. The normalized spacial score (nSPS) is 18.2. The number of carbonyl (C=O) groups excluding carboxylic acids is 1. The largest absolute Gasteiger partial charge is 0.507 e. The van der Waals surface area contributed by atoms with Crippen molar-refractivity contribution in [3.8, 4) is 5.75 Å². The van der Waals surface area contributed by atoms with Crippen LogP contribution in [0.25, 0.3) is 0 Å². The van der Waals surface area contributed by atoms with Crippen LogP contribution in [0, 0.1) is 11.3 Å². The van der Waals surface area contributed by atoms with Gasteiger partial charge in [-0.1, -0.05) is 79.2 Å². The number of nitrogens with zero attached hydrogens (tertiary/aromatic N) is 1. The third-order valence-corrected chi connectivity index (χ3v) is 7.29. The van der Waals surface area contributed by atoms with Crippen molar-refractivity contribution in [1.29, 1.82) is 5.41 Å². The van der Waals surface area contributed by atoms with Crippen LogP contribution in [0.15, 0.2) is 36.4 Å². The number of Topliss-reactive ketones (excluding diaryl/α,β-unsaturated/α-hetero) is 1. The number of phenols is 1. The van der Waals surface area contributed by atoms with Crippen LogP contribution in [0.4, 0.5) is 0 Å². The van der Waals surface area contributed by atoms with Crippen LogP contribution < -0.4 is 0 Å². The van der Waals surface area contributed by atoms with E-state index in [0.717, 1.165) is 35.1 Å². The Morgan fingerprint density at radius 1 is 1.08 bits per heavy atom. The molecule has 2 unspecified atom stereocenters. The second kappa shape index (κ2) is 12.1. The van der Waals surface area contributed by atoms with Gasteiger partial charge in [-0.05, 0) is 46.4 Å². The fourth-order valence-corrected chi connectivity index (χ4v) is 5.41. The van der Waals surface area contributed by atoms with Gasteiger partial charge in [-0.2, -0.15) is 0 Å². The third-order valence-electron chi connectivity index (χ3n) is 7.29. The average Bonchev–Trinajstić information content (AvgIpc) is 3.07. The highest BCUT2D eigenvalue weighted by Crippen LogP contribution is 2.41. The second-order valence-corrected chi connectivity index (χ2v) is 12.3. The van der Waals surface area contributed by atoms with Gasteiger partial charge in [0, 0.05) is 36.3 Å². The molecule has 0 radical (unpaired) electrons. The van der Waals surface area contributed by atoms with Crippen molar-refractivity contribution in [1.82, 2.24) is 4.90 Å². The van der Waals surface area contributed by atoms with Crippen molar-refractivity contribution < 1.29 is 14.6 Å². The predicted octanol–water partition coefficient (Wildman–Crippen LogP) is 7.39. The Hall–Kier alpha value is -2.18. The standard InChI is InChI=1S/C31H44N2O3.BrH/c1-9-12-20-17-33(29(32)27(20)23-14-11-10-13-21(23)19-36-8)18-26(34)22-15-24(30(2,3)4)28(35)25(16-22)31(5,6)7;/h10-11,13-16,20,27,32,35H,9,12,17-19H2,1-8H3;1H. The number of amidine groups is 1. The number of rotatable bonds is 8. The molecule has 2 aromatic carbocycles. The molecule has 0 aliphatic carbocycles. The number of carbonyl (C=O) groups is 1. The molecule has 1 fully saturated rings. The summed E-state index contributed by atoms with van der Waals surface area (Å²) >= 11 is 0. The van der Waals surface area contributed by atoms with E-state index in [-0.39, 0.29) is 57.7 Å². The number of phenolic OH excluding ortho intramolecular Hbond substituents is 1. The Bertz CT molecular complexity index is 1080. The van der Waals surface area contributed by atoms with Crippen molar-refractivity contribution >= 4 is 28.6 Å². The summed E-state index contributed by atoms with van der Waals surface area (Å²) in [4.78, 5) is 15.6. The van der Waals surface area contributed by atoms with Crippen LogP contribution in [-0.2, 0) is 22.2 Å². The molecule has 204 valence electrons. The minimum Gasteiger partial charge on any atom is -0.507 e. The van der Waals surface area contributed by atoms with E-state index in [1.54, 1.807) is 7.11 Å². The van der Waals surface area contributed by atoms with E-state index in [9.17, 15) is 9.90 Å². The van der Waals surface area contributed by atoms with Gasteiger partial charge in [0.1, 0.15) is 11.6 Å². The second-order valence-electron chi connectivity index (χ2n) is 12.3. The Morgan fingerprint density at radius 3 is 2.16 bits per heavy atom. The lowest BCUT2D eigenvalue weighted by Crippen LogP contribution is -2.32. The number of likely N-dealkylation sites (tertiary alicyclic amines) is 1. The molecule has 0 aromatic heterocycles. The molecule has 1 heterocycles. The zero-order chi connectivity index (χ0) is 26.8. The number of hydrogen-bond donors (Lipinski definition) is 2. The number of benzene rings is 2. The number of hydrogen-bond acceptors (Lipinski definition) is 4. The minimum absolute atomic E-state index is 0. The lowest BCUT2D eigenvalue weighted by atomic mass is 9.78. The molecule has 1 saturated heterocycles. The SMILES string of the molecule is Br.CCCC1CN(CC(=O)c2cc(C(C)(C)C)c(O)c(C(C)(C)C)c2)C(=N)C1c1ccccc1COC. The van der Waals surface area contributed by atoms with Crippen LogP contribution in [0.5, 0.6) is 5.75 Å². The molecule has 2 atom stereocenters.